The van der Waals surface area contributed by atoms with Crippen LogP contribution in [0.4, 0.5) is 4.79 Å². The average molecular weight is 338 g/mol. The quantitative estimate of drug-likeness (QED) is 0.832. The molecule has 0 saturated heterocycles. The molecule has 0 radical (unpaired) electrons. The highest BCUT2D eigenvalue weighted by Gasteiger charge is 2.35. The Kier molecular flexibility index (Phi) is 5.54. The molecule has 1 aromatic rings. The predicted molar refractivity (Wildman–Crippen MR) is 87.1 cm³/mol. The van der Waals surface area contributed by atoms with Gasteiger partial charge in [-0.05, 0) is 11.6 Å². The van der Waals surface area contributed by atoms with Crippen LogP contribution in [0.25, 0.3) is 0 Å². The third-order valence-electron chi connectivity index (χ3n) is 3.66. The number of hydrogen-bond acceptors (Lipinski definition) is 4. The zero-order chi connectivity index (χ0) is 17.0. The molecule has 126 valence electrons. The van der Waals surface area contributed by atoms with Gasteiger partial charge in [-0.1, -0.05) is 39.0 Å². The summed E-state index contributed by atoms with van der Waals surface area (Å²) in [7, 11) is -1.25. The lowest BCUT2D eigenvalue weighted by Crippen LogP contribution is -2.43. The maximum absolute atomic E-state index is 12.6. The fraction of sp³-hybridized carbons (Fsp3) is 0.500. The first-order valence-corrected chi connectivity index (χ1v) is 8.56. The Labute approximate surface area is 138 Å². The standard InChI is InChI=1S/C16H22N2O4S/c1-16(2,3)14(22-15(20)17-8-9-19)11-18-10-12-6-4-5-7-13(12)23(18)21/h4-7,9,14H,8,10-11H2,1-3H3,(H,17,20). The molecule has 6 nitrogen and oxygen atoms in total. The lowest BCUT2D eigenvalue weighted by Gasteiger charge is -2.32. The Bertz CT molecular complexity index is 612. The second-order valence-electron chi connectivity index (χ2n) is 6.49. The zero-order valence-electron chi connectivity index (χ0n) is 13.6. The van der Waals surface area contributed by atoms with Crippen LogP contribution in [-0.4, -0.2) is 40.1 Å². The van der Waals surface area contributed by atoms with E-state index in [1.807, 2.05) is 45.0 Å². The van der Waals surface area contributed by atoms with Crippen molar-refractivity contribution in [1.29, 1.82) is 0 Å². The summed E-state index contributed by atoms with van der Waals surface area (Å²) >= 11 is 0. The Hall–Kier alpha value is -1.73. The SMILES string of the molecule is CC(C)(C)C(CN1Cc2ccccc2S1=O)OC(=O)NCC=O. The molecule has 1 N–H and O–H groups in total. The van der Waals surface area contributed by atoms with Crippen LogP contribution in [-0.2, 0) is 27.1 Å². The minimum atomic E-state index is -1.25. The summed E-state index contributed by atoms with van der Waals surface area (Å²) in [5.74, 6) is 0. The largest absolute Gasteiger partial charge is 0.444 e. The molecule has 0 aromatic heterocycles. The smallest absolute Gasteiger partial charge is 0.407 e. The van der Waals surface area contributed by atoms with Crippen molar-refractivity contribution in [2.45, 2.75) is 38.3 Å². The normalized spacial score (nSPS) is 19.0. The van der Waals surface area contributed by atoms with Crippen LogP contribution < -0.4 is 5.32 Å². The third-order valence-corrected chi connectivity index (χ3v) is 5.18. The summed E-state index contributed by atoms with van der Waals surface area (Å²) in [6.45, 7) is 6.70. The molecule has 0 bridgehead atoms. The van der Waals surface area contributed by atoms with Gasteiger partial charge in [0.05, 0.1) is 11.4 Å². The molecule has 1 aliphatic heterocycles. The highest BCUT2D eigenvalue weighted by atomic mass is 32.2. The van der Waals surface area contributed by atoms with Crippen LogP contribution in [0.15, 0.2) is 29.2 Å². The molecule has 0 spiro atoms. The zero-order valence-corrected chi connectivity index (χ0v) is 14.4. The Morgan fingerprint density at radius 1 is 1.43 bits per heavy atom. The fourth-order valence-electron chi connectivity index (χ4n) is 2.29. The van der Waals surface area contributed by atoms with Gasteiger partial charge in [-0.15, -0.1) is 0 Å². The number of amides is 1. The number of carbonyl (C=O) groups excluding carboxylic acids is 2. The number of alkyl carbamates (subject to hydrolysis) is 1. The summed E-state index contributed by atoms with van der Waals surface area (Å²) in [6.07, 6.45) is -0.494. The van der Waals surface area contributed by atoms with Crippen LogP contribution in [0.2, 0.25) is 0 Å². The van der Waals surface area contributed by atoms with Gasteiger partial charge >= 0.3 is 6.09 Å². The van der Waals surface area contributed by atoms with E-state index in [1.54, 1.807) is 4.31 Å². The second-order valence-corrected chi connectivity index (χ2v) is 7.94. The number of nitrogens with zero attached hydrogens (tertiary/aromatic N) is 1. The lowest BCUT2D eigenvalue weighted by atomic mass is 9.89. The van der Waals surface area contributed by atoms with Gasteiger partial charge in [0.25, 0.3) is 0 Å². The van der Waals surface area contributed by atoms with Crippen molar-refractivity contribution < 1.29 is 18.5 Å². The van der Waals surface area contributed by atoms with E-state index in [4.69, 9.17) is 4.74 Å². The van der Waals surface area contributed by atoms with Gasteiger partial charge in [-0.25, -0.2) is 13.3 Å². The molecule has 1 aliphatic rings. The van der Waals surface area contributed by atoms with Gasteiger partial charge in [0, 0.05) is 18.5 Å². The Balaban J connectivity index is 2.06. The summed E-state index contributed by atoms with van der Waals surface area (Å²) in [6, 6.07) is 7.60. The van der Waals surface area contributed by atoms with Crippen molar-refractivity contribution in [2.24, 2.45) is 5.41 Å². The molecule has 2 rings (SSSR count). The van der Waals surface area contributed by atoms with E-state index in [9.17, 15) is 13.8 Å². The molecule has 1 heterocycles. The van der Waals surface area contributed by atoms with E-state index in [0.29, 0.717) is 19.4 Å². The topological polar surface area (TPSA) is 75.7 Å². The molecule has 2 atom stereocenters. The molecule has 23 heavy (non-hydrogen) atoms. The fourth-order valence-corrected chi connectivity index (χ4v) is 3.65. The minimum Gasteiger partial charge on any atom is -0.444 e. The molecular weight excluding hydrogens is 316 g/mol. The monoisotopic (exact) mass is 338 g/mol. The van der Waals surface area contributed by atoms with Crippen LogP contribution in [0.1, 0.15) is 26.3 Å². The van der Waals surface area contributed by atoms with E-state index in [2.05, 4.69) is 5.32 Å². The van der Waals surface area contributed by atoms with Crippen molar-refractivity contribution in [1.82, 2.24) is 9.62 Å². The van der Waals surface area contributed by atoms with Gasteiger partial charge in [-0.2, -0.15) is 0 Å². The van der Waals surface area contributed by atoms with Crippen LogP contribution in [0.3, 0.4) is 0 Å². The van der Waals surface area contributed by atoms with Gasteiger partial charge in [0.2, 0.25) is 0 Å². The Morgan fingerprint density at radius 2 is 2.13 bits per heavy atom. The first-order chi connectivity index (χ1) is 10.8. The summed E-state index contributed by atoms with van der Waals surface area (Å²) in [5, 5.41) is 2.36. The molecule has 0 saturated carbocycles. The highest BCUT2D eigenvalue weighted by Crippen LogP contribution is 2.30. The number of hydrogen-bond donors (Lipinski definition) is 1. The number of ether oxygens (including phenoxy) is 1. The van der Waals surface area contributed by atoms with Crippen molar-refractivity contribution in [3.8, 4) is 0 Å². The number of fused-ring (bicyclic) bond motifs is 1. The average Bonchev–Trinajstić information content (AvgIpc) is 2.80. The Morgan fingerprint density at radius 3 is 2.74 bits per heavy atom. The van der Waals surface area contributed by atoms with Gasteiger partial charge < -0.3 is 14.8 Å². The molecule has 1 amide bonds. The van der Waals surface area contributed by atoms with E-state index >= 15 is 0 Å². The van der Waals surface area contributed by atoms with Gasteiger partial charge in [0.15, 0.2) is 0 Å². The van der Waals surface area contributed by atoms with Crippen molar-refractivity contribution in [3.05, 3.63) is 29.8 Å². The molecule has 7 heteroatoms. The van der Waals surface area contributed by atoms with Crippen molar-refractivity contribution in [2.75, 3.05) is 13.1 Å². The maximum atomic E-state index is 12.6. The minimum absolute atomic E-state index is 0.0865. The summed E-state index contributed by atoms with van der Waals surface area (Å²) in [5.41, 5.74) is 0.709. The number of aldehydes is 1. The van der Waals surface area contributed by atoms with Crippen LogP contribution in [0.5, 0.6) is 0 Å². The molecular formula is C16H22N2O4S. The first kappa shape index (κ1) is 17.6. The van der Waals surface area contributed by atoms with E-state index in [1.165, 1.54) is 0 Å². The first-order valence-electron chi connectivity index (χ1n) is 7.46. The number of benzene rings is 1. The molecule has 2 unspecified atom stereocenters. The molecule has 0 aliphatic carbocycles. The third kappa shape index (κ3) is 4.39. The number of nitrogens with one attached hydrogen (secondary N) is 1. The van der Waals surface area contributed by atoms with Crippen LogP contribution in [0, 0.1) is 5.41 Å². The summed E-state index contributed by atoms with van der Waals surface area (Å²) < 4.78 is 19.8. The maximum Gasteiger partial charge on any atom is 0.407 e. The second kappa shape index (κ2) is 7.23. The highest BCUT2D eigenvalue weighted by molar-refractivity contribution is 7.83. The predicted octanol–water partition coefficient (Wildman–Crippen LogP) is 1.86. The summed E-state index contributed by atoms with van der Waals surface area (Å²) in [4.78, 5) is 22.9. The van der Waals surface area contributed by atoms with Crippen molar-refractivity contribution in [3.63, 3.8) is 0 Å². The molecule has 0 fully saturated rings. The molecule has 1 aromatic carbocycles. The lowest BCUT2D eigenvalue weighted by molar-refractivity contribution is -0.107. The van der Waals surface area contributed by atoms with E-state index in [0.717, 1.165) is 10.5 Å². The van der Waals surface area contributed by atoms with Crippen LogP contribution >= 0.6 is 0 Å². The number of carbonyl (C=O) groups is 2. The van der Waals surface area contributed by atoms with E-state index < -0.39 is 23.2 Å². The number of rotatable bonds is 5. The van der Waals surface area contributed by atoms with E-state index in [-0.39, 0.29) is 12.0 Å². The van der Waals surface area contributed by atoms with Crippen molar-refractivity contribution >= 4 is 23.4 Å². The van der Waals surface area contributed by atoms with Gasteiger partial charge in [0.1, 0.15) is 23.4 Å². The van der Waals surface area contributed by atoms with Gasteiger partial charge in [-0.3, -0.25) is 0 Å².